The van der Waals surface area contributed by atoms with Crippen LogP contribution in [0, 0.1) is 6.92 Å². The summed E-state index contributed by atoms with van der Waals surface area (Å²) in [6, 6.07) is 18.3. The third-order valence-electron chi connectivity index (χ3n) is 6.17. The van der Waals surface area contributed by atoms with Crippen molar-refractivity contribution in [1.82, 2.24) is 5.01 Å². The highest BCUT2D eigenvalue weighted by Gasteiger charge is 2.19. The molecule has 0 saturated heterocycles. The molecule has 0 spiro atoms. The van der Waals surface area contributed by atoms with E-state index in [1.165, 1.54) is 17.9 Å². The smallest absolute Gasteiger partial charge is 0.273 e. The zero-order valence-corrected chi connectivity index (χ0v) is 22.0. The van der Waals surface area contributed by atoms with Crippen LogP contribution in [-0.4, -0.2) is 45.8 Å². The summed E-state index contributed by atoms with van der Waals surface area (Å²) in [4.78, 5) is 13.0. The van der Waals surface area contributed by atoms with Crippen molar-refractivity contribution in [2.45, 2.75) is 43.6 Å². The highest BCUT2D eigenvalue weighted by Crippen LogP contribution is 2.32. The Bertz CT molecular complexity index is 1360. The van der Waals surface area contributed by atoms with E-state index in [4.69, 9.17) is 9.47 Å². The van der Waals surface area contributed by atoms with Gasteiger partial charge in [0, 0.05) is 18.3 Å². The number of sulfonamides is 1. The van der Waals surface area contributed by atoms with Crippen LogP contribution in [0.15, 0.2) is 76.7 Å². The first-order valence-electron chi connectivity index (χ1n) is 12.1. The zero-order valence-electron chi connectivity index (χ0n) is 21.2. The lowest BCUT2D eigenvalue weighted by atomic mass is 10.2. The molecule has 4 rings (SSSR count). The number of rotatable bonds is 9. The molecule has 194 valence electrons. The van der Waals surface area contributed by atoms with E-state index in [0.717, 1.165) is 24.0 Å². The molecule has 0 radical (unpaired) electrons. The fourth-order valence-corrected chi connectivity index (χ4v) is 5.11. The second-order valence-electron chi connectivity index (χ2n) is 9.00. The van der Waals surface area contributed by atoms with Crippen LogP contribution in [0.25, 0.3) is 0 Å². The number of aryl methyl sites for hydroxylation is 1. The molecule has 8 nitrogen and oxygen atoms in total. The molecule has 0 bridgehead atoms. The number of anilines is 1. The molecule has 0 unspecified atom stereocenters. The van der Waals surface area contributed by atoms with Crippen LogP contribution in [0.5, 0.6) is 11.5 Å². The van der Waals surface area contributed by atoms with Gasteiger partial charge >= 0.3 is 0 Å². The number of carbonyl (C=O) groups excluding carboxylic acids is 1. The van der Waals surface area contributed by atoms with Gasteiger partial charge < -0.3 is 9.47 Å². The zero-order chi connectivity index (χ0) is 26.4. The largest absolute Gasteiger partial charge is 0.493 e. The molecule has 0 aromatic heterocycles. The SMILES string of the molecule is COc1ccc(C=NN(C)C(=O)c2ccc(NS(=O)(=O)c3ccc(C)cc3)cc2)cc1OC1CCCC1. The van der Waals surface area contributed by atoms with Gasteiger partial charge in [-0.1, -0.05) is 17.7 Å². The van der Waals surface area contributed by atoms with Gasteiger partial charge in [0.1, 0.15) is 0 Å². The summed E-state index contributed by atoms with van der Waals surface area (Å²) in [5.41, 5.74) is 2.47. The molecule has 0 aliphatic heterocycles. The summed E-state index contributed by atoms with van der Waals surface area (Å²) in [6.45, 7) is 1.89. The van der Waals surface area contributed by atoms with Crippen molar-refractivity contribution in [3.63, 3.8) is 0 Å². The van der Waals surface area contributed by atoms with E-state index in [1.54, 1.807) is 68.9 Å². The topological polar surface area (TPSA) is 97.3 Å². The Balaban J connectivity index is 1.40. The van der Waals surface area contributed by atoms with Crippen molar-refractivity contribution in [3.8, 4) is 11.5 Å². The van der Waals surface area contributed by atoms with Gasteiger partial charge in [-0.05, 0) is 92.8 Å². The number of methoxy groups -OCH3 is 1. The Morgan fingerprint density at radius 2 is 1.68 bits per heavy atom. The number of carbonyl (C=O) groups is 1. The number of nitrogens with one attached hydrogen (secondary N) is 1. The third kappa shape index (κ3) is 6.68. The van der Waals surface area contributed by atoms with E-state index in [0.29, 0.717) is 22.7 Å². The molecule has 3 aromatic rings. The van der Waals surface area contributed by atoms with Crippen LogP contribution in [0.1, 0.15) is 47.2 Å². The Hall–Kier alpha value is -3.85. The van der Waals surface area contributed by atoms with Gasteiger partial charge in [-0.3, -0.25) is 9.52 Å². The number of amides is 1. The second kappa shape index (κ2) is 11.5. The monoisotopic (exact) mass is 521 g/mol. The molecular weight excluding hydrogens is 490 g/mol. The Labute approximate surface area is 218 Å². The van der Waals surface area contributed by atoms with E-state index in [-0.39, 0.29) is 16.9 Å². The number of hydrazone groups is 1. The first-order chi connectivity index (χ1) is 17.7. The van der Waals surface area contributed by atoms with Crippen molar-refractivity contribution in [3.05, 3.63) is 83.4 Å². The van der Waals surface area contributed by atoms with Gasteiger partial charge in [-0.15, -0.1) is 0 Å². The van der Waals surface area contributed by atoms with Crippen molar-refractivity contribution in [2.75, 3.05) is 18.9 Å². The number of hydrogen-bond donors (Lipinski definition) is 1. The molecule has 1 aliphatic rings. The fourth-order valence-electron chi connectivity index (χ4n) is 4.06. The molecule has 3 aromatic carbocycles. The highest BCUT2D eigenvalue weighted by atomic mass is 32.2. The molecule has 1 amide bonds. The Morgan fingerprint density at radius 1 is 1.00 bits per heavy atom. The van der Waals surface area contributed by atoms with E-state index < -0.39 is 10.0 Å². The van der Waals surface area contributed by atoms with Crippen LogP contribution < -0.4 is 14.2 Å². The number of benzene rings is 3. The second-order valence-corrected chi connectivity index (χ2v) is 10.7. The summed E-state index contributed by atoms with van der Waals surface area (Å²) >= 11 is 0. The van der Waals surface area contributed by atoms with Crippen molar-refractivity contribution >= 4 is 27.8 Å². The highest BCUT2D eigenvalue weighted by molar-refractivity contribution is 7.92. The lowest BCUT2D eigenvalue weighted by molar-refractivity contribution is 0.0800. The lowest BCUT2D eigenvalue weighted by Gasteiger charge is -2.16. The predicted octanol–water partition coefficient (Wildman–Crippen LogP) is 5.23. The predicted molar refractivity (Wildman–Crippen MR) is 144 cm³/mol. The van der Waals surface area contributed by atoms with Gasteiger partial charge in [-0.2, -0.15) is 5.10 Å². The molecule has 0 atom stereocenters. The standard InChI is InChI=1S/C28H31N3O5S/c1-20-8-15-25(16-9-20)37(33,34)30-23-13-11-22(12-14-23)28(32)31(2)29-19-21-10-17-26(35-3)27(18-21)36-24-6-4-5-7-24/h8-19,24,30H,4-7H2,1-3H3. The molecule has 1 saturated carbocycles. The summed E-state index contributed by atoms with van der Waals surface area (Å²) in [7, 11) is -0.555. The number of hydrogen-bond acceptors (Lipinski definition) is 6. The van der Waals surface area contributed by atoms with Gasteiger partial charge in [0.2, 0.25) is 0 Å². The van der Waals surface area contributed by atoms with E-state index in [2.05, 4.69) is 9.82 Å². The summed E-state index contributed by atoms with van der Waals surface area (Å²) in [5, 5.41) is 5.51. The summed E-state index contributed by atoms with van der Waals surface area (Å²) in [5.74, 6) is 0.989. The maximum Gasteiger partial charge on any atom is 0.273 e. The Morgan fingerprint density at radius 3 is 2.32 bits per heavy atom. The van der Waals surface area contributed by atoms with Gasteiger partial charge in [0.05, 0.1) is 24.3 Å². The first-order valence-corrected chi connectivity index (χ1v) is 13.6. The van der Waals surface area contributed by atoms with E-state index >= 15 is 0 Å². The van der Waals surface area contributed by atoms with Crippen molar-refractivity contribution < 1.29 is 22.7 Å². The van der Waals surface area contributed by atoms with Crippen LogP contribution in [0.3, 0.4) is 0 Å². The van der Waals surface area contributed by atoms with Crippen LogP contribution in [0.4, 0.5) is 5.69 Å². The summed E-state index contributed by atoms with van der Waals surface area (Å²) in [6.07, 6.45) is 6.18. The molecule has 9 heteroatoms. The molecule has 37 heavy (non-hydrogen) atoms. The average molecular weight is 522 g/mol. The molecule has 0 heterocycles. The van der Waals surface area contributed by atoms with Gasteiger partial charge in [0.25, 0.3) is 15.9 Å². The minimum atomic E-state index is -3.72. The maximum atomic E-state index is 12.8. The van der Waals surface area contributed by atoms with Crippen LogP contribution in [-0.2, 0) is 10.0 Å². The molecular formula is C28H31N3O5S. The number of nitrogens with zero attached hydrogens (tertiary/aromatic N) is 2. The first kappa shape index (κ1) is 26.2. The Kier molecular flexibility index (Phi) is 8.13. The normalized spacial score (nSPS) is 14.0. The molecule has 1 aliphatic carbocycles. The van der Waals surface area contributed by atoms with Gasteiger partial charge in [-0.25, -0.2) is 13.4 Å². The third-order valence-corrected chi connectivity index (χ3v) is 7.57. The molecule has 1 N–H and O–H groups in total. The lowest BCUT2D eigenvalue weighted by Crippen LogP contribution is -2.21. The van der Waals surface area contributed by atoms with Crippen LogP contribution in [0.2, 0.25) is 0 Å². The maximum absolute atomic E-state index is 12.8. The van der Waals surface area contributed by atoms with Crippen molar-refractivity contribution in [1.29, 1.82) is 0 Å². The minimum Gasteiger partial charge on any atom is -0.493 e. The fraction of sp³-hybridized carbons (Fsp3) is 0.286. The van der Waals surface area contributed by atoms with Crippen LogP contribution >= 0.6 is 0 Å². The minimum absolute atomic E-state index is 0.169. The van der Waals surface area contributed by atoms with E-state index in [9.17, 15) is 13.2 Å². The van der Waals surface area contributed by atoms with E-state index in [1.807, 2.05) is 25.1 Å². The average Bonchev–Trinajstić information content (AvgIpc) is 3.40. The molecule has 1 fully saturated rings. The van der Waals surface area contributed by atoms with Crippen molar-refractivity contribution in [2.24, 2.45) is 5.10 Å². The summed E-state index contributed by atoms with van der Waals surface area (Å²) < 4.78 is 39.3. The number of ether oxygens (including phenoxy) is 2. The van der Waals surface area contributed by atoms with Gasteiger partial charge in [0.15, 0.2) is 11.5 Å². The quantitative estimate of drug-likeness (QED) is 0.307.